The average Bonchev–Trinajstić information content (AvgIpc) is 4.19. The lowest BCUT2D eigenvalue weighted by Gasteiger charge is -2.19. The van der Waals surface area contributed by atoms with Crippen LogP contribution in [0.3, 0.4) is 0 Å². The van der Waals surface area contributed by atoms with Crippen molar-refractivity contribution in [1.29, 1.82) is 0 Å². The Bertz CT molecular complexity index is 4540. The number of benzene rings is 10. The molecule has 7 nitrogen and oxygen atoms in total. The van der Waals surface area contributed by atoms with E-state index < -0.39 is 0 Å². The third kappa shape index (κ3) is 5.66. The van der Waals surface area contributed by atoms with Gasteiger partial charge in [-0.05, 0) is 60.7 Å². The van der Waals surface area contributed by atoms with Crippen molar-refractivity contribution in [3.05, 3.63) is 224 Å². The normalized spacial score (nSPS) is 12.0. The van der Waals surface area contributed by atoms with E-state index >= 15 is 0 Å². The van der Waals surface area contributed by atoms with Gasteiger partial charge >= 0.3 is 0 Å². The maximum absolute atomic E-state index is 6.79. The van der Waals surface area contributed by atoms with Crippen molar-refractivity contribution in [2.24, 2.45) is 0 Å². The highest BCUT2D eigenvalue weighted by atomic mass is 16.3. The van der Waals surface area contributed by atoms with E-state index in [2.05, 4.69) is 161 Å². The van der Waals surface area contributed by atoms with Gasteiger partial charge in [0.25, 0.3) is 0 Å². The molecule has 70 heavy (non-hydrogen) atoms. The second-order valence-electron chi connectivity index (χ2n) is 17.9. The second-order valence-corrected chi connectivity index (χ2v) is 17.9. The maximum atomic E-state index is 6.79. The molecule has 0 N–H and O–H groups in total. The van der Waals surface area contributed by atoms with Crippen LogP contribution >= 0.6 is 0 Å². The SMILES string of the molecule is c1ccc(-c2nc(-c3ccccc3)nc(-c3ccc(-c4ccccc4-n4c5ccccc5c5c6oc7ccccc7c6ccc54)c(-n4c5ccccc5c5c6oc7ccccc7c6ccc54)c3)n2)cc1. The highest BCUT2D eigenvalue weighted by molar-refractivity contribution is 6.25. The minimum absolute atomic E-state index is 0.575. The molecule has 15 aromatic rings. The monoisotopic (exact) mass is 895 g/mol. The number of furan rings is 2. The fourth-order valence-corrected chi connectivity index (χ4v) is 10.9. The van der Waals surface area contributed by atoms with Crippen LogP contribution in [-0.2, 0) is 0 Å². The predicted molar refractivity (Wildman–Crippen MR) is 285 cm³/mol. The summed E-state index contributed by atoms with van der Waals surface area (Å²) < 4.78 is 18.3. The molecule has 0 radical (unpaired) electrons. The van der Waals surface area contributed by atoms with Gasteiger partial charge in [-0.25, -0.2) is 15.0 Å². The first-order valence-corrected chi connectivity index (χ1v) is 23.5. The van der Waals surface area contributed by atoms with Crippen molar-refractivity contribution in [1.82, 2.24) is 24.1 Å². The summed E-state index contributed by atoms with van der Waals surface area (Å²) >= 11 is 0. The minimum Gasteiger partial charge on any atom is -0.455 e. The predicted octanol–water partition coefficient (Wildman–Crippen LogP) is 16.5. The number of fused-ring (bicyclic) bond motifs is 14. The Kier molecular flexibility index (Phi) is 8.23. The average molecular weight is 896 g/mol. The lowest BCUT2D eigenvalue weighted by molar-refractivity contribution is 0.672. The first-order valence-electron chi connectivity index (χ1n) is 23.5. The first-order chi connectivity index (χ1) is 34.7. The summed E-state index contributed by atoms with van der Waals surface area (Å²) in [4.78, 5) is 15.5. The number of nitrogens with zero attached hydrogens (tertiary/aromatic N) is 5. The summed E-state index contributed by atoms with van der Waals surface area (Å²) in [6, 6.07) is 78.5. The van der Waals surface area contributed by atoms with E-state index in [0.29, 0.717) is 17.5 Å². The van der Waals surface area contributed by atoms with Crippen LogP contribution in [0.15, 0.2) is 233 Å². The van der Waals surface area contributed by atoms with Gasteiger partial charge in [-0.15, -0.1) is 0 Å². The summed E-state index contributed by atoms with van der Waals surface area (Å²) in [7, 11) is 0. The number of aromatic nitrogens is 5. The smallest absolute Gasteiger partial charge is 0.164 e. The van der Waals surface area contributed by atoms with Crippen molar-refractivity contribution in [3.8, 4) is 56.7 Å². The molecular formula is C63H37N5O2. The van der Waals surface area contributed by atoms with Gasteiger partial charge in [0.1, 0.15) is 22.3 Å². The van der Waals surface area contributed by atoms with Crippen LogP contribution in [0.1, 0.15) is 0 Å². The molecule has 0 fully saturated rings. The van der Waals surface area contributed by atoms with Gasteiger partial charge in [0.2, 0.25) is 0 Å². The zero-order valence-corrected chi connectivity index (χ0v) is 37.4. The van der Waals surface area contributed by atoms with Crippen molar-refractivity contribution in [2.75, 3.05) is 0 Å². The highest BCUT2D eigenvalue weighted by Crippen LogP contribution is 2.46. The Labute approximate surface area is 399 Å². The molecule has 0 unspecified atom stereocenters. The topological polar surface area (TPSA) is 74.8 Å². The third-order valence-electron chi connectivity index (χ3n) is 14.0. The van der Waals surface area contributed by atoms with E-state index in [1.807, 2.05) is 72.8 Å². The fraction of sp³-hybridized carbons (Fsp3) is 0. The van der Waals surface area contributed by atoms with E-state index in [9.17, 15) is 0 Å². The molecule has 10 aromatic carbocycles. The van der Waals surface area contributed by atoms with E-state index in [4.69, 9.17) is 23.8 Å². The van der Waals surface area contributed by atoms with Gasteiger partial charge in [0.05, 0.1) is 44.2 Å². The molecule has 0 aliphatic heterocycles. The third-order valence-corrected chi connectivity index (χ3v) is 14.0. The lowest BCUT2D eigenvalue weighted by Crippen LogP contribution is -2.03. The molecule has 7 heteroatoms. The van der Waals surface area contributed by atoms with Gasteiger partial charge in [0.15, 0.2) is 17.5 Å². The maximum Gasteiger partial charge on any atom is 0.164 e. The zero-order chi connectivity index (χ0) is 45.9. The van der Waals surface area contributed by atoms with Gasteiger partial charge in [-0.2, -0.15) is 0 Å². The van der Waals surface area contributed by atoms with Crippen LogP contribution < -0.4 is 0 Å². The summed E-state index contributed by atoms with van der Waals surface area (Å²) in [6.07, 6.45) is 0. The molecule has 0 saturated carbocycles. The van der Waals surface area contributed by atoms with Crippen molar-refractivity contribution in [2.45, 2.75) is 0 Å². The van der Waals surface area contributed by atoms with Crippen LogP contribution in [0.4, 0.5) is 0 Å². The molecule has 0 atom stereocenters. The summed E-state index contributed by atoms with van der Waals surface area (Å²) in [5, 5.41) is 8.77. The molecule has 0 spiro atoms. The fourth-order valence-electron chi connectivity index (χ4n) is 10.9. The Morgan fingerprint density at radius 1 is 0.286 bits per heavy atom. The molecule has 5 heterocycles. The van der Waals surface area contributed by atoms with E-state index in [1.54, 1.807) is 0 Å². The molecule has 0 aliphatic carbocycles. The van der Waals surface area contributed by atoms with Crippen LogP contribution in [0.25, 0.3) is 144 Å². The van der Waals surface area contributed by atoms with Crippen LogP contribution in [0.5, 0.6) is 0 Å². The zero-order valence-electron chi connectivity index (χ0n) is 37.4. The van der Waals surface area contributed by atoms with Gasteiger partial charge in [-0.1, -0.05) is 164 Å². The van der Waals surface area contributed by atoms with E-state index in [0.717, 1.165) is 127 Å². The molecular weight excluding hydrogens is 859 g/mol. The quantitative estimate of drug-likeness (QED) is 0.166. The van der Waals surface area contributed by atoms with Crippen molar-refractivity contribution < 1.29 is 8.83 Å². The number of hydrogen-bond donors (Lipinski definition) is 0. The molecule has 5 aromatic heterocycles. The number of hydrogen-bond acceptors (Lipinski definition) is 5. The molecule has 0 bridgehead atoms. The Morgan fingerprint density at radius 3 is 1.27 bits per heavy atom. The van der Waals surface area contributed by atoms with Crippen molar-refractivity contribution >= 4 is 87.5 Å². The van der Waals surface area contributed by atoms with Gasteiger partial charge in [-0.3, -0.25) is 0 Å². The van der Waals surface area contributed by atoms with Crippen LogP contribution in [0.2, 0.25) is 0 Å². The summed E-state index contributed by atoms with van der Waals surface area (Å²) in [5.74, 6) is 1.79. The molecule has 0 aliphatic rings. The van der Waals surface area contributed by atoms with Crippen molar-refractivity contribution in [3.63, 3.8) is 0 Å². The number of rotatable bonds is 6. The standard InChI is InChI=1S/C63H37N5O2/c1-3-17-38(18-4-1)61-64-62(39-19-5-2-6-20-39)66-63(65-61)40-31-32-42(54(37-40)68-51-28-14-9-25-48(51)58-53(68)36-34-46-44-23-11-16-30-56(44)70-60(46)58)41-21-7-12-26-49(41)67-50-27-13-8-24-47(50)57-52(67)35-33-45-43-22-10-15-29-55(43)69-59(45)57/h1-37H. The Hall–Kier alpha value is -9.59. The van der Waals surface area contributed by atoms with Crippen LogP contribution in [-0.4, -0.2) is 24.1 Å². The van der Waals surface area contributed by atoms with E-state index in [1.165, 1.54) is 0 Å². The minimum atomic E-state index is 0.575. The van der Waals surface area contributed by atoms with Crippen LogP contribution in [0, 0.1) is 0 Å². The Morgan fingerprint density at radius 2 is 0.714 bits per heavy atom. The molecule has 0 saturated heterocycles. The molecule has 0 amide bonds. The highest BCUT2D eigenvalue weighted by Gasteiger charge is 2.25. The first kappa shape index (κ1) is 38.5. The summed E-state index contributed by atoms with van der Waals surface area (Å²) in [5.41, 5.74) is 14.5. The van der Waals surface area contributed by atoms with Gasteiger partial charge < -0.3 is 18.0 Å². The largest absolute Gasteiger partial charge is 0.455 e. The number of para-hydroxylation sites is 5. The molecule has 15 rings (SSSR count). The summed E-state index contributed by atoms with van der Waals surface area (Å²) in [6.45, 7) is 0. The molecule has 326 valence electrons. The Balaban J connectivity index is 1.04. The van der Waals surface area contributed by atoms with Gasteiger partial charge in [0, 0.05) is 60.1 Å². The lowest BCUT2D eigenvalue weighted by atomic mass is 9.98. The second kappa shape index (κ2) is 15.0. The van der Waals surface area contributed by atoms with E-state index in [-0.39, 0.29) is 0 Å².